The quantitative estimate of drug-likeness (QED) is 0.814. The molecule has 0 spiro atoms. The summed E-state index contributed by atoms with van der Waals surface area (Å²) >= 11 is 0. The van der Waals surface area contributed by atoms with E-state index in [1.165, 1.54) is 0 Å². The number of benzene rings is 1. The van der Waals surface area contributed by atoms with E-state index in [0.717, 1.165) is 11.3 Å². The van der Waals surface area contributed by atoms with Crippen molar-refractivity contribution in [1.82, 2.24) is 4.90 Å². The third-order valence-electron chi connectivity index (χ3n) is 3.41. The van der Waals surface area contributed by atoms with Gasteiger partial charge in [0.2, 0.25) is 5.91 Å². The summed E-state index contributed by atoms with van der Waals surface area (Å²) in [7, 11) is 1.63. The van der Waals surface area contributed by atoms with Gasteiger partial charge in [-0.05, 0) is 45.4 Å². The van der Waals surface area contributed by atoms with Crippen molar-refractivity contribution in [2.24, 2.45) is 0 Å². The number of amides is 1. The fourth-order valence-corrected chi connectivity index (χ4v) is 1.92. The number of anilines is 1. The molecular weight excluding hydrogens is 252 g/mol. The fourth-order valence-electron chi connectivity index (χ4n) is 1.92. The minimum atomic E-state index is -0.439. The Morgan fingerprint density at radius 1 is 1.30 bits per heavy atom. The normalized spacial score (nSPS) is 11.7. The molecule has 112 valence electrons. The average molecular weight is 278 g/mol. The van der Waals surface area contributed by atoms with Gasteiger partial charge < -0.3 is 15.4 Å². The maximum atomic E-state index is 12.5. The van der Waals surface area contributed by atoms with Crippen LogP contribution in [0.25, 0.3) is 0 Å². The zero-order chi connectivity index (χ0) is 15.3. The predicted molar refractivity (Wildman–Crippen MR) is 82.2 cm³/mol. The summed E-state index contributed by atoms with van der Waals surface area (Å²) in [6.07, 6.45) is 0.372. The summed E-state index contributed by atoms with van der Waals surface area (Å²) in [5.41, 5.74) is 7.06. The summed E-state index contributed by atoms with van der Waals surface area (Å²) in [6.45, 7) is 8.49. The summed E-state index contributed by atoms with van der Waals surface area (Å²) in [5, 5.41) is 0. The molecule has 1 amide bonds. The van der Waals surface area contributed by atoms with Crippen LogP contribution in [0, 0.1) is 0 Å². The minimum Gasteiger partial charge on any atom is -0.399 e. The molecule has 1 aromatic carbocycles. The molecule has 2 N–H and O–H groups in total. The smallest absolute Gasteiger partial charge is 0.225 e. The van der Waals surface area contributed by atoms with Crippen LogP contribution in [0.2, 0.25) is 0 Å². The van der Waals surface area contributed by atoms with Crippen molar-refractivity contribution in [3.8, 4) is 0 Å². The van der Waals surface area contributed by atoms with Crippen LogP contribution in [0.4, 0.5) is 5.69 Å². The van der Waals surface area contributed by atoms with E-state index in [4.69, 9.17) is 10.5 Å². The maximum absolute atomic E-state index is 12.5. The van der Waals surface area contributed by atoms with E-state index in [-0.39, 0.29) is 11.9 Å². The monoisotopic (exact) mass is 278 g/mol. The number of carbonyl (C=O) groups is 1. The lowest BCUT2D eigenvalue weighted by atomic mass is 10.0. The first kappa shape index (κ1) is 16.5. The van der Waals surface area contributed by atoms with Gasteiger partial charge in [-0.2, -0.15) is 0 Å². The van der Waals surface area contributed by atoms with Gasteiger partial charge in [0.15, 0.2) is 0 Å². The molecular formula is C16H26N2O2. The highest BCUT2D eigenvalue weighted by atomic mass is 16.5. The van der Waals surface area contributed by atoms with E-state index in [1.54, 1.807) is 7.11 Å². The second-order valence-corrected chi connectivity index (χ2v) is 6.00. The van der Waals surface area contributed by atoms with Crippen LogP contribution in [0.5, 0.6) is 0 Å². The van der Waals surface area contributed by atoms with Gasteiger partial charge in [0.1, 0.15) is 0 Å². The van der Waals surface area contributed by atoms with Crippen molar-refractivity contribution in [2.45, 2.75) is 52.3 Å². The third-order valence-corrected chi connectivity index (χ3v) is 3.41. The van der Waals surface area contributed by atoms with Gasteiger partial charge in [-0.15, -0.1) is 0 Å². The van der Waals surface area contributed by atoms with Gasteiger partial charge >= 0.3 is 0 Å². The van der Waals surface area contributed by atoms with Gasteiger partial charge in [0.05, 0.1) is 12.0 Å². The number of methoxy groups -OCH3 is 1. The number of nitrogen functional groups attached to an aromatic ring is 1. The van der Waals surface area contributed by atoms with Crippen molar-refractivity contribution < 1.29 is 9.53 Å². The standard InChI is InChI=1S/C16H26N2O2/c1-12(2)18(15(19)10-16(3,4)20-5)11-13-6-8-14(17)9-7-13/h6-9,12H,10-11,17H2,1-5H3. The first-order valence-electron chi connectivity index (χ1n) is 6.94. The second kappa shape index (κ2) is 6.75. The van der Waals surface area contributed by atoms with E-state index >= 15 is 0 Å². The lowest BCUT2D eigenvalue weighted by Crippen LogP contribution is -2.40. The van der Waals surface area contributed by atoms with Crippen molar-refractivity contribution >= 4 is 11.6 Å². The van der Waals surface area contributed by atoms with E-state index < -0.39 is 5.60 Å². The SMILES string of the molecule is COC(C)(C)CC(=O)N(Cc1ccc(N)cc1)C(C)C. The predicted octanol–water partition coefficient (Wildman–Crippen LogP) is 2.82. The van der Waals surface area contributed by atoms with Gasteiger partial charge in [-0.3, -0.25) is 4.79 Å². The van der Waals surface area contributed by atoms with Gasteiger partial charge in [-0.1, -0.05) is 12.1 Å². The number of hydrogen-bond donors (Lipinski definition) is 1. The summed E-state index contributed by atoms with van der Waals surface area (Å²) in [6, 6.07) is 7.78. The molecule has 0 radical (unpaired) electrons. The van der Waals surface area contributed by atoms with Crippen molar-refractivity contribution in [2.75, 3.05) is 12.8 Å². The van der Waals surface area contributed by atoms with Crippen LogP contribution in [0.1, 0.15) is 39.7 Å². The van der Waals surface area contributed by atoms with E-state index in [0.29, 0.717) is 13.0 Å². The number of rotatable bonds is 6. The van der Waals surface area contributed by atoms with Crippen molar-refractivity contribution in [3.05, 3.63) is 29.8 Å². The Hall–Kier alpha value is -1.55. The Kier molecular flexibility index (Phi) is 5.57. The molecule has 0 saturated carbocycles. The molecule has 1 aromatic rings. The lowest BCUT2D eigenvalue weighted by Gasteiger charge is -2.31. The zero-order valence-electron chi connectivity index (χ0n) is 13.1. The van der Waals surface area contributed by atoms with Crippen LogP contribution in [0.15, 0.2) is 24.3 Å². The number of ether oxygens (including phenoxy) is 1. The first-order chi connectivity index (χ1) is 9.25. The second-order valence-electron chi connectivity index (χ2n) is 6.00. The third kappa shape index (κ3) is 4.85. The highest BCUT2D eigenvalue weighted by Gasteiger charge is 2.26. The summed E-state index contributed by atoms with van der Waals surface area (Å²) in [4.78, 5) is 14.3. The molecule has 0 saturated heterocycles. The minimum absolute atomic E-state index is 0.101. The van der Waals surface area contributed by atoms with Crippen molar-refractivity contribution in [3.63, 3.8) is 0 Å². The summed E-state index contributed by atoms with van der Waals surface area (Å²) < 4.78 is 5.34. The van der Waals surface area contributed by atoms with Crippen LogP contribution in [-0.2, 0) is 16.1 Å². The molecule has 0 aromatic heterocycles. The molecule has 0 aliphatic carbocycles. The molecule has 0 atom stereocenters. The van der Waals surface area contributed by atoms with E-state index in [1.807, 2.05) is 56.9 Å². The zero-order valence-corrected chi connectivity index (χ0v) is 13.1. The number of nitrogens with zero attached hydrogens (tertiary/aromatic N) is 1. The highest BCUT2D eigenvalue weighted by Crippen LogP contribution is 2.18. The molecule has 0 heterocycles. The molecule has 0 aliphatic rings. The van der Waals surface area contributed by atoms with E-state index in [2.05, 4.69) is 0 Å². The van der Waals surface area contributed by atoms with Crippen molar-refractivity contribution in [1.29, 1.82) is 0 Å². The van der Waals surface area contributed by atoms with Crippen LogP contribution in [-0.4, -0.2) is 29.6 Å². The Morgan fingerprint density at radius 3 is 2.30 bits per heavy atom. The first-order valence-corrected chi connectivity index (χ1v) is 6.94. The molecule has 1 rings (SSSR count). The average Bonchev–Trinajstić information content (AvgIpc) is 2.37. The Morgan fingerprint density at radius 2 is 1.85 bits per heavy atom. The Balaban J connectivity index is 2.79. The van der Waals surface area contributed by atoms with Gasteiger partial charge in [0, 0.05) is 25.4 Å². The number of hydrogen-bond acceptors (Lipinski definition) is 3. The van der Waals surface area contributed by atoms with Crippen LogP contribution in [0.3, 0.4) is 0 Å². The molecule has 0 unspecified atom stereocenters. The number of nitrogens with two attached hydrogens (primary N) is 1. The molecule has 0 aliphatic heterocycles. The molecule has 20 heavy (non-hydrogen) atoms. The van der Waals surface area contributed by atoms with Crippen LogP contribution < -0.4 is 5.73 Å². The Bertz CT molecular complexity index is 438. The topological polar surface area (TPSA) is 55.6 Å². The fraction of sp³-hybridized carbons (Fsp3) is 0.562. The van der Waals surface area contributed by atoms with Gasteiger partial charge in [0.25, 0.3) is 0 Å². The lowest BCUT2D eigenvalue weighted by molar-refractivity contribution is -0.138. The molecule has 4 heteroatoms. The maximum Gasteiger partial charge on any atom is 0.225 e. The molecule has 0 bridgehead atoms. The number of carbonyl (C=O) groups excluding carboxylic acids is 1. The summed E-state index contributed by atoms with van der Waals surface area (Å²) in [5.74, 6) is 0.101. The van der Waals surface area contributed by atoms with Crippen LogP contribution >= 0.6 is 0 Å². The van der Waals surface area contributed by atoms with Gasteiger partial charge in [-0.25, -0.2) is 0 Å². The van der Waals surface area contributed by atoms with E-state index in [9.17, 15) is 4.79 Å². The Labute approximate surface area is 121 Å². The highest BCUT2D eigenvalue weighted by molar-refractivity contribution is 5.77. The molecule has 0 fully saturated rings. The largest absolute Gasteiger partial charge is 0.399 e. The molecule has 4 nitrogen and oxygen atoms in total.